The highest BCUT2D eigenvalue weighted by atomic mass is 16.3. The zero-order valence-corrected chi connectivity index (χ0v) is 13.5. The summed E-state index contributed by atoms with van der Waals surface area (Å²) in [5.74, 6) is 1.29. The molecule has 1 unspecified atom stereocenters. The Balaban J connectivity index is 1.72. The number of aromatic nitrogens is 1. The number of nitrogens with zero attached hydrogens (tertiary/aromatic N) is 1. The maximum Gasteiger partial charge on any atom is 0.255 e. The number of hydrogen-bond donors (Lipinski definition) is 1. The van der Waals surface area contributed by atoms with Crippen LogP contribution in [0.1, 0.15) is 40.4 Å². The average molecular weight is 308 g/mol. The van der Waals surface area contributed by atoms with Crippen LogP contribution in [0.5, 0.6) is 0 Å². The first kappa shape index (κ1) is 15.2. The van der Waals surface area contributed by atoms with Crippen LogP contribution in [-0.2, 0) is 0 Å². The summed E-state index contributed by atoms with van der Waals surface area (Å²) in [5, 5.41) is 3.02. The fourth-order valence-electron chi connectivity index (χ4n) is 2.66. The lowest BCUT2D eigenvalue weighted by Crippen LogP contribution is -2.26. The van der Waals surface area contributed by atoms with Gasteiger partial charge < -0.3 is 14.3 Å². The minimum Gasteiger partial charge on any atom is -0.466 e. The highest BCUT2D eigenvalue weighted by molar-refractivity contribution is 5.95. The van der Waals surface area contributed by atoms with Gasteiger partial charge in [0.05, 0.1) is 11.6 Å². The second-order valence-electron chi connectivity index (χ2n) is 5.70. The maximum absolute atomic E-state index is 12.3. The molecular weight excluding hydrogens is 288 g/mol. The standard InChI is InChI=1S/C19H20N2O2/c1-13-12-18(15(3)23-13)19(22)20-14(2)16-6-8-17(9-7-16)21-10-4-5-11-21/h4-12,14H,1-3H3,(H,20,22). The van der Waals surface area contributed by atoms with Crippen LogP contribution in [0.25, 0.3) is 5.69 Å². The smallest absolute Gasteiger partial charge is 0.255 e. The number of aryl methyl sites for hydroxylation is 2. The van der Waals surface area contributed by atoms with Crippen LogP contribution in [0.2, 0.25) is 0 Å². The van der Waals surface area contributed by atoms with Crippen molar-refractivity contribution < 1.29 is 9.21 Å². The molecule has 3 rings (SSSR count). The van der Waals surface area contributed by atoms with Gasteiger partial charge in [0.1, 0.15) is 11.5 Å². The van der Waals surface area contributed by atoms with Gasteiger partial charge in [0.25, 0.3) is 5.91 Å². The van der Waals surface area contributed by atoms with Crippen molar-refractivity contribution in [2.75, 3.05) is 0 Å². The lowest BCUT2D eigenvalue weighted by Gasteiger charge is -2.15. The van der Waals surface area contributed by atoms with E-state index in [0.29, 0.717) is 11.3 Å². The molecule has 2 aromatic heterocycles. The molecule has 0 spiro atoms. The van der Waals surface area contributed by atoms with Gasteiger partial charge in [-0.3, -0.25) is 4.79 Å². The van der Waals surface area contributed by atoms with Crippen LogP contribution >= 0.6 is 0 Å². The van der Waals surface area contributed by atoms with E-state index < -0.39 is 0 Å². The van der Waals surface area contributed by atoms with Crippen molar-refractivity contribution in [2.24, 2.45) is 0 Å². The molecule has 0 bridgehead atoms. The molecule has 0 aliphatic heterocycles. The summed E-state index contributed by atoms with van der Waals surface area (Å²) < 4.78 is 7.46. The van der Waals surface area contributed by atoms with Crippen molar-refractivity contribution in [2.45, 2.75) is 26.8 Å². The third-order valence-electron chi connectivity index (χ3n) is 3.93. The van der Waals surface area contributed by atoms with Crippen LogP contribution in [-0.4, -0.2) is 10.5 Å². The van der Waals surface area contributed by atoms with E-state index in [1.807, 2.05) is 67.2 Å². The summed E-state index contributed by atoms with van der Waals surface area (Å²) in [7, 11) is 0. The topological polar surface area (TPSA) is 47.2 Å². The Kier molecular flexibility index (Phi) is 4.06. The SMILES string of the molecule is Cc1cc(C(=O)NC(C)c2ccc(-n3cccc3)cc2)c(C)o1. The van der Waals surface area contributed by atoms with E-state index in [1.54, 1.807) is 13.0 Å². The van der Waals surface area contributed by atoms with Crippen LogP contribution in [0, 0.1) is 13.8 Å². The molecule has 0 saturated heterocycles. The number of rotatable bonds is 4. The zero-order valence-electron chi connectivity index (χ0n) is 13.5. The van der Waals surface area contributed by atoms with Crippen LogP contribution in [0.15, 0.2) is 59.3 Å². The van der Waals surface area contributed by atoms with Gasteiger partial charge in [-0.15, -0.1) is 0 Å². The Morgan fingerprint density at radius 2 is 1.78 bits per heavy atom. The Labute approximate surface area is 135 Å². The van der Waals surface area contributed by atoms with Gasteiger partial charge >= 0.3 is 0 Å². The Morgan fingerprint density at radius 1 is 1.13 bits per heavy atom. The first-order valence-electron chi connectivity index (χ1n) is 7.66. The predicted octanol–water partition coefficient (Wildman–Crippen LogP) is 4.18. The summed E-state index contributed by atoms with van der Waals surface area (Å²) >= 11 is 0. The first-order valence-corrected chi connectivity index (χ1v) is 7.66. The molecule has 4 heteroatoms. The number of benzene rings is 1. The molecule has 0 radical (unpaired) electrons. The summed E-state index contributed by atoms with van der Waals surface area (Å²) in [4.78, 5) is 12.3. The quantitative estimate of drug-likeness (QED) is 0.786. The number of carbonyl (C=O) groups excluding carboxylic acids is 1. The fourth-order valence-corrected chi connectivity index (χ4v) is 2.66. The molecule has 1 amide bonds. The van der Waals surface area contributed by atoms with Gasteiger partial charge in [0.15, 0.2) is 0 Å². The van der Waals surface area contributed by atoms with Gasteiger partial charge in [0, 0.05) is 18.1 Å². The average Bonchev–Trinajstić information content (AvgIpc) is 3.17. The molecule has 0 aliphatic carbocycles. The lowest BCUT2D eigenvalue weighted by atomic mass is 10.1. The second-order valence-corrected chi connectivity index (χ2v) is 5.70. The summed E-state index contributed by atoms with van der Waals surface area (Å²) in [6.45, 7) is 5.62. The van der Waals surface area contributed by atoms with Gasteiger partial charge in [-0.1, -0.05) is 12.1 Å². The van der Waals surface area contributed by atoms with Crippen LogP contribution in [0.4, 0.5) is 0 Å². The van der Waals surface area contributed by atoms with Crippen molar-refractivity contribution in [1.82, 2.24) is 9.88 Å². The van der Waals surface area contributed by atoms with Gasteiger partial charge in [-0.05, 0) is 56.7 Å². The fraction of sp³-hybridized carbons (Fsp3) is 0.211. The molecule has 3 aromatic rings. The predicted molar refractivity (Wildman–Crippen MR) is 89.8 cm³/mol. The number of amides is 1. The number of hydrogen-bond acceptors (Lipinski definition) is 2. The largest absolute Gasteiger partial charge is 0.466 e. The minimum atomic E-state index is -0.110. The van der Waals surface area contributed by atoms with Crippen molar-refractivity contribution in [3.8, 4) is 5.69 Å². The second kappa shape index (κ2) is 6.16. The summed E-state index contributed by atoms with van der Waals surface area (Å²) in [5.41, 5.74) is 2.75. The van der Waals surface area contributed by atoms with Gasteiger partial charge in [0.2, 0.25) is 0 Å². The summed E-state index contributed by atoms with van der Waals surface area (Å²) in [6.07, 6.45) is 4.01. The van der Waals surface area contributed by atoms with Crippen LogP contribution < -0.4 is 5.32 Å². The monoisotopic (exact) mass is 308 g/mol. The minimum absolute atomic E-state index is 0.0733. The van der Waals surface area contributed by atoms with E-state index in [0.717, 1.165) is 17.0 Å². The van der Waals surface area contributed by atoms with E-state index in [1.165, 1.54) is 0 Å². The number of nitrogens with one attached hydrogen (secondary N) is 1. The number of furan rings is 1. The molecule has 23 heavy (non-hydrogen) atoms. The van der Waals surface area contributed by atoms with Crippen molar-refractivity contribution in [3.05, 3.63) is 77.5 Å². The van der Waals surface area contributed by atoms with E-state index in [-0.39, 0.29) is 11.9 Å². The molecule has 1 atom stereocenters. The Hall–Kier alpha value is -2.75. The molecule has 0 fully saturated rings. The normalized spacial score (nSPS) is 12.1. The molecule has 0 aliphatic rings. The van der Waals surface area contributed by atoms with Gasteiger partial charge in [-0.25, -0.2) is 0 Å². The third kappa shape index (κ3) is 3.21. The van der Waals surface area contributed by atoms with E-state index in [2.05, 4.69) is 5.32 Å². The highest BCUT2D eigenvalue weighted by Crippen LogP contribution is 2.18. The van der Waals surface area contributed by atoms with Gasteiger partial charge in [-0.2, -0.15) is 0 Å². The van der Waals surface area contributed by atoms with Crippen LogP contribution in [0.3, 0.4) is 0 Å². The molecular formula is C19H20N2O2. The Morgan fingerprint density at radius 3 is 2.35 bits per heavy atom. The molecule has 1 aromatic carbocycles. The number of carbonyl (C=O) groups is 1. The van der Waals surface area contributed by atoms with E-state index >= 15 is 0 Å². The molecule has 0 saturated carbocycles. The summed E-state index contributed by atoms with van der Waals surface area (Å²) in [6, 6.07) is 13.8. The molecule has 2 heterocycles. The maximum atomic E-state index is 12.3. The molecule has 118 valence electrons. The van der Waals surface area contributed by atoms with Crippen molar-refractivity contribution in [3.63, 3.8) is 0 Å². The third-order valence-corrected chi connectivity index (χ3v) is 3.93. The van der Waals surface area contributed by atoms with E-state index in [9.17, 15) is 4.79 Å². The Bertz CT molecular complexity index is 799. The molecule has 4 nitrogen and oxygen atoms in total. The highest BCUT2D eigenvalue weighted by Gasteiger charge is 2.16. The molecule has 1 N–H and O–H groups in total. The van der Waals surface area contributed by atoms with Crippen molar-refractivity contribution in [1.29, 1.82) is 0 Å². The van der Waals surface area contributed by atoms with Crippen molar-refractivity contribution >= 4 is 5.91 Å². The van der Waals surface area contributed by atoms with E-state index in [4.69, 9.17) is 4.42 Å². The lowest BCUT2D eigenvalue weighted by molar-refractivity contribution is 0.0938. The zero-order chi connectivity index (χ0) is 16.4. The first-order chi connectivity index (χ1) is 11.0.